The number of benzene rings is 9. The van der Waals surface area contributed by atoms with Crippen molar-refractivity contribution < 1.29 is 19.5 Å². The Morgan fingerprint density at radius 3 is 1.71 bits per heavy atom. The van der Waals surface area contributed by atoms with E-state index in [0.29, 0.717) is 5.56 Å². The Hall–Kier alpha value is -6.44. The molecule has 10 aromatic rings. The van der Waals surface area contributed by atoms with Gasteiger partial charge in [0.25, 0.3) is 0 Å². The molecular weight excluding hydrogens is 593 g/mol. The normalized spacial score (nSPS) is 14.8. The molecule has 0 aliphatic heterocycles. The van der Waals surface area contributed by atoms with Gasteiger partial charge in [-0.3, -0.25) is 0 Å². The zero-order chi connectivity index (χ0) is 41.9. The van der Waals surface area contributed by atoms with Gasteiger partial charge in [-0.2, -0.15) is 0 Å². The van der Waals surface area contributed by atoms with E-state index in [2.05, 4.69) is 54.6 Å². The molecule has 1 heterocycles. The molecule has 0 aliphatic rings. The lowest BCUT2D eigenvalue weighted by Crippen LogP contribution is -1.91. The molecular formula is C48H30O. The zero-order valence-corrected chi connectivity index (χ0v) is 25.9. The lowest BCUT2D eigenvalue weighted by molar-refractivity contribution is 0.669. The van der Waals surface area contributed by atoms with Crippen LogP contribution in [0.1, 0.15) is 15.1 Å². The fourth-order valence-corrected chi connectivity index (χ4v) is 7.04. The summed E-state index contributed by atoms with van der Waals surface area (Å²) in [5.74, 6) is 0. The molecule has 49 heavy (non-hydrogen) atoms. The average molecular weight is 634 g/mol. The van der Waals surface area contributed by atoms with Crippen LogP contribution in [0.5, 0.6) is 0 Å². The summed E-state index contributed by atoms with van der Waals surface area (Å²) in [5.41, 5.74) is 3.54. The van der Waals surface area contributed by atoms with Gasteiger partial charge >= 0.3 is 0 Å². The topological polar surface area (TPSA) is 13.1 Å². The lowest BCUT2D eigenvalue weighted by Gasteiger charge is -2.18. The smallest absolute Gasteiger partial charge is 0.136 e. The van der Waals surface area contributed by atoms with E-state index in [0.717, 1.165) is 49.2 Å². The minimum absolute atomic E-state index is 0.102. The van der Waals surface area contributed by atoms with Crippen LogP contribution in [0.25, 0.3) is 98.8 Å². The van der Waals surface area contributed by atoms with Crippen molar-refractivity contribution in [2.75, 3.05) is 0 Å². The van der Waals surface area contributed by atoms with Crippen LogP contribution in [0.2, 0.25) is 0 Å². The van der Waals surface area contributed by atoms with E-state index >= 15 is 0 Å². The Morgan fingerprint density at radius 1 is 0.388 bits per heavy atom. The summed E-state index contributed by atoms with van der Waals surface area (Å²) in [7, 11) is 0. The number of hydrogen-bond acceptors (Lipinski definition) is 1. The monoisotopic (exact) mass is 633 g/mol. The first kappa shape index (κ1) is 18.8. The first-order chi connectivity index (χ1) is 28.9. The van der Waals surface area contributed by atoms with Gasteiger partial charge in [0.2, 0.25) is 0 Å². The molecule has 0 atom stereocenters. The molecule has 0 unspecified atom stereocenters. The molecule has 9 aromatic carbocycles. The van der Waals surface area contributed by atoms with E-state index in [9.17, 15) is 4.11 Å². The second kappa shape index (κ2) is 11.1. The second-order valence-corrected chi connectivity index (χ2v) is 12.0. The molecule has 0 bridgehead atoms. The Morgan fingerprint density at radius 2 is 1.00 bits per heavy atom. The molecule has 0 N–H and O–H groups in total. The van der Waals surface area contributed by atoms with E-state index < -0.39 is 59.9 Å². The minimum atomic E-state index is -0.661. The molecule has 1 aromatic heterocycles. The molecule has 0 radical (unpaired) electrons. The van der Waals surface area contributed by atoms with E-state index in [4.69, 9.17) is 15.4 Å². The lowest BCUT2D eigenvalue weighted by atomic mass is 9.85. The van der Waals surface area contributed by atoms with E-state index in [1.807, 2.05) is 60.7 Å². The standard InChI is InChI=1S/C48H30O/c1-2-12-33(13-3-1)38-19-10-20-44-48(38)43-28-27-37(30-45(43)49-44)47-41-17-8-6-15-39(41)46(40-16-7-9-18-42(40)47)34-24-21-32(22-25-34)36-26-23-31-11-4-5-14-35(31)29-36/h1-30H/i1D,2D,3D,10D,12D,13D,19D,20D,27D,28D,30D. The Labute approximate surface area is 299 Å². The quantitative estimate of drug-likeness (QED) is 0.176. The Balaban J connectivity index is 1.24. The van der Waals surface area contributed by atoms with Crippen molar-refractivity contribution in [1.29, 1.82) is 0 Å². The van der Waals surface area contributed by atoms with Gasteiger partial charge in [0, 0.05) is 10.8 Å². The molecule has 0 fully saturated rings. The molecule has 228 valence electrons. The molecule has 1 heteroatoms. The van der Waals surface area contributed by atoms with Crippen molar-refractivity contribution in [3.8, 4) is 44.5 Å². The van der Waals surface area contributed by atoms with E-state index in [1.54, 1.807) is 0 Å². The first-order valence-corrected chi connectivity index (χ1v) is 15.9. The predicted molar refractivity (Wildman–Crippen MR) is 208 cm³/mol. The third-order valence-corrected chi connectivity index (χ3v) is 9.26. The van der Waals surface area contributed by atoms with Crippen LogP contribution >= 0.6 is 0 Å². The average Bonchev–Trinajstić information content (AvgIpc) is 3.68. The summed E-state index contributed by atoms with van der Waals surface area (Å²) in [6.45, 7) is 0. The van der Waals surface area contributed by atoms with Crippen LogP contribution in [0, 0.1) is 0 Å². The fraction of sp³-hybridized carbons (Fsp3) is 0. The molecule has 0 aliphatic carbocycles. The van der Waals surface area contributed by atoms with Crippen LogP contribution in [-0.2, 0) is 0 Å². The van der Waals surface area contributed by atoms with Crippen molar-refractivity contribution >= 4 is 54.3 Å². The third kappa shape index (κ3) is 4.47. The maximum absolute atomic E-state index is 9.69. The fourth-order valence-electron chi connectivity index (χ4n) is 7.04. The van der Waals surface area contributed by atoms with E-state index in [-0.39, 0.29) is 45.2 Å². The van der Waals surface area contributed by atoms with Gasteiger partial charge in [0.05, 0.1) is 15.1 Å². The largest absolute Gasteiger partial charge is 0.456 e. The molecule has 10 rings (SSSR count). The van der Waals surface area contributed by atoms with Crippen molar-refractivity contribution in [2.45, 2.75) is 0 Å². The third-order valence-electron chi connectivity index (χ3n) is 9.26. The molecule has 0 spiro atoms. The van der Waals surface area contributed by atoms with Crippen LogP contribution in [0.15, 0.2) is 186 Å². The zero-order valence-electron chi connectivity index (χ0n) is 36.9. The van der Waals surface area contributed by atoms with Gasteiger partial charge in [-0.25, -0.2) is 0 Å². The van der Waals surface area contributed by atoms with Gasteiger partial charge < -0.3 is 4.42 Å². The van der Waals surface area contributed by atoms with Crippen LogP contribution < -0.4 is 0 Å². The highest BCUT2D eigenvalue weighted by Crippen LogP contribution is 2.45. The van der Waals surface area contributed by atoms with Crippen LogP contribution in [0.3, 0.4) is 0 Å². The Kier molecular flexibility index (Phi) is 4.25. The summed E-state index contributed by atoms with van der Waals surface area (Å²) < 4.78 is 104. The van der Waals surface area contributed by atoms with Gasteiger partial charge in [-0.15, -0.1) is 0 Å². The number of fused-ring (bicyclic) bond motifs is 6. The summed E-state index contributed by atoms with van der Waals surface area (Å²) in [5, 5.41) is 5.23. The highest BCUT2D eigenvalue weighted by Gasteiger charge is 2.19. The Bertz CT molecular complexity index is 3410. The maximum Gasteiger partial charge on any atom is 0.136 e. The first-order valence-electron chi connectivity index (χ1n) is 21.4. The minimum Gasteiger partial charge on any atom is -0.456 e. The summed E-state index contributed by atoms with van der Waals surface area (Å²) in [6.07, 6.45) is 0. The van der Waals surface area contributed by atoms with Crippen molar-refractivity contribution in [1.82, 2.24) is 0 Å². The SMILES string of the molecule is [2H]c1c([2H])c([2H])c(-c2c([2H])c([2H])c([2H])c3oc4c([2H])c(-c5c6ccccc6c(-c6ccc(-c7ccc8ccccc8c7)cc6)c6ccccc56)c([2H])c([2H])c4c23)c([2H])c1[2H]. The van der Waals surface area contributed by atoms with E-state index in [1.165, 1.54) is 5.39 Å². The molecule has 0 saturated carbocycles. The predicted octanol–water partition coefficient (Wildman–Crippen LogP) is 13.7. The molecule has 0 saturated heterocycles. The van der Waals surface area contributed by atoms with Crippen molar-refractivity contribution in [3.63, 3.8) is 0 Å². The van der Waals surface area contributed by atoms with Crippen LogP contribution in [-0.4, -0.2) is 0 Å². The van der Waals surface area contributed by atoms with Gasteiger partial charge in [0.1, 0.15) is 11.2 Å². The molecule has 0 amide bonds. The molecule has 1 nitrogen and oxygen atoms in total. The highest BCUT2D eigenvalue weighted by molar-refractivity contribution is 6.22. The van der Waals surface area contributed by atoms with Gasteiger partial charge in [-0.05, 0) is 101 Å². The van der Waals surface area contributed by atoms with Crippen molar-refractivity contribution in [3.05, 3.63) is 182 Å². The van der Waals surface area contributed by atoms with Crippen LogP contribution in [0.4, 0.5) is 0 Å². The van der Waals surface area contributed by atoms with Crippen molar-refractivity contribution in [2.24, 2.45) is 0 Å². The number of hydrogen-bond donors (Lipinski definition) is 0. The highest BCUT2D eigenvalue weighted by atomic mass is 16.3. The summed E-state index contributed by atoms with van der Waals surface area (Å²) in [4.78, 5) is 0. The summed E-state index contributed by atoms with van der Waals surface area (Å²) >= 11 is 0. The van der Waals surface area contributed by atoms with Gasteiger partial charge in [-0.1, -0.05) is 158 Å². The number of furan rings is 1. The maximum atomic E-state index is 9.69. The second-order valence-electron chi connectivity index (χ2n) is 12.0. The van der Waals surface area contributed by atoms with Gasteiger partial charge in [0.15, 0.2) is 0 Å². The summed E-state index contributed by atoms with van der Waals surface area (Å²) in [6, 6.07) is 32.5. The number of rotatable bonds is 4.